The lowest BCUT2D eigenvalue weighted by Gasteiger charge is -2.36. The summed E-state index contributed by atoms with van der Waals surface area (Å²) in [6.45, 7) is 3.53. The zero-order valence-corrected chi connectivity index (χ0v) is 12.1. The summed E-state index contributed by atoms with van der Waals surface area (Å²) in [6.07, 6.45) is 0.161. The molecule has 0 spiro atoms. The monoisotopic (exact) mass is 298 g/mol. The van der Waals surface area contributed by atoms with Gasteiger partial charge in [0.25, 0.3) is 0 Å². The molecule has 116 valence electrons. The molecule has 1 unspecified atom stereocenters. The minimum atomic E-state index is -4.28. The average molecular weight is 298 g/mol. The molecule has 5 heteroatoms. The normalized spacial score (nSPS) is 24.5. The van der Waals surface area contributed by atoms with Gasteiger partial charge in [-0.15, -0.1) is 0 Å². The van der Waals surface area contributed by atoms with Crippen molar-refractivity contribution in [2.75, 3.05) is 31.1 Å². The van der Waals surface area contributed by atoms with Crippen molar-refractivity contribution in [3.05, 3.63) is 29.8 Å². The summed E-state index contributed by atoms with van der Waals surface area (Å²) < 4.78 is 39.6. The smallest absolute Gasteiger partial charge is 0.369 e. The van der Waals surface area contributed by atoms with E-state index in [1.54, 1.807) is 12.1 Å². The highest BCUT2D eigenvalue weighted by atomic mass is 19.4. The van der Waals surface area contributed by atoms with Gasteiger partial charge in [0.15, 0.2) is 0 Å². The maximum atomic E-state index is 13.2. The highest BCUT2D eigenvalue weighted by Gasteiger charge is 2.36. The summed E-state index contributed by atoms with van der Waals surface area (Å²) in [6, 6.07) is 6.38. The lowest BCUT2D eigenvalue weighted by Crippen LogP contribution is -2.44. The van der Waals surface area contributed by atoms with Crippen molar-refractivity contribution >= 4 is 5.69 Å². The first-order chi connectivity index (χ1) is 10.1. The number of rotatable bonds is 1. The Morgan fingerprint density at radius 1 is 0.952 bits per heavy atom. The standard InChI is InChI=1S/C16H21F3N2/c17-16(18,19)14-7-1-2-8-15(14)21-11-5-10-20-9-4-3-6-13(20)12-21/h1-2,7-8,13H,3-6,9-12H2. The first kappa shape index (κ1) is 14.7. The third kappa shape index (κ3) is 3.18. The molecule has 21 heavy (non-hydrogen) atoms. The van der Waals surface area contributed by atoms with Crippen LogP contribution in [0.4, 0.5) is 18.9 Å². The predicted molar refractivity (Wildman–Crippen MR) is 77.5 cm³/mol. The summed E-state index contributed by atoms with van der Waals surface area (Å²) in [5.74, 6) is 0. The number of hydrogen-bond acceptors (Lipinski definition) is 2. The molecule has 0 N–H and O–H groups in total. The Balaban J connectivity index is 1.86. The van der Waals surface area contributed by atoms with Gasteiger partial charge in [-0.25, -0.2) is 0 Å². The van der Waals surface area contributed by atoms with Crippen LogP contribution in [0.15, 0.2) is 24.3 Å². The molecule has 0 bridgehead atoms. The molecule has 2 fully saturated rings. The van der Waals surface area contributed by atoms with Crippen LogP contribution in [0.5, 0.6) is 0 Å². The molecule has 3 rings (SSSR count). The second kappa shape index (κ2) is 5.87. The van der Waals surface area contributed by atoms with Crippen LogP contribution in [0.2, 0.25) is 0 Å². The molecule has 0 aromatic heterocycles. The molecule has 1 aromatic rings. The number of benzene rings is 1. The minimum Gasteiger partial charge on any atom is -0.369 e. The van der Waals surface area contributed by atoms with E-state index in [1.165, 1.54) is 25.0 Å². The zero-order valence-electron chi connectivity index (χ0n) is 12.1. The van der Waals surface area contributed by atoms with Gasteiger partial charge in [-0.1, -0.05) is 18.6 Å². The van der Waals surface area contributed by atoms with Crippen LogP contribution >= 0.6 is 0 Å². The summed E-state index contributed by atoms with van der Waals surface area (Å²) in [5.41, 5.74) is -0.160. The van der Waals surface area contributed by atoms with Crippen LogP contribution in [-0.2, 0) is 6.18 Å². The van der Waals surface area contributed by atoms with Gasteiger partial charge in [0.2, 0.25) is 0 Å². The fraction of sp³-hybridized carbons (Fsp3) is 0.625. The van der Waals surface area contributed by atoms with Gasteiger partial charge in [-0.2, -0.15) is 13.2 Å². The second-order valence-corrected chi connectivity index (χ2v) is 6.00. The van der Waals surface area contributed by atoms with Gasteiger partial charge >= 0.3 is 6.18 Å². The summed E-state index contributed by atoms with van der Waals surface area (Å²) in [4.78, 5) is 4.40. The number of alkyl halides is 3. The summed E-state index contributed by atoms with van der Waals surface area (Å²) in [5, 5.41) is 0. The number of piperidine rings is 1. The molecule has 1 atom stereocenters. The van der Waals surface area contributed by atoms with Crippen molar-refractivity contribution in [1.82, 2.24) is 4.90 Å². The fourth-order valence-corrected chi connectivity index (χ4v) is 3.58. The van der Waals surface area contributed by atoms with Gasteiger partial charge in [-0.05, 0) is 37.9 Å². The van der Waals surface area contributed by atoms with Crippen LogP contribution in [0.25, 0.3) is 0 Å². The quantitative estimate of drug-likeness (QED) is 0.778. The van der Waals surface area contributed by atoms with Crippen LogP contribution in [0.3, 0.4) is 0 Å². The van der Waals surface area contributed by atoms with E-state index in [2.05, 4.69) is 4.90 Å². The Bertz CT molecular complexity index is 487. The van der Waals surface area contributed by atoms with E-state index in [0.717, 1.165) is 25.9 Å². The second-order valence-electron chi connectivity index (χ2n) is 6.00. The predicted octanol–water partition coefficient (Wildman–Crippen LogP) is 3.77. The molecule has 2 saturated heterocycles. The largest absolute Gasteiger partial charge is 0.418 e. The molecule has 0 amide bonds. The lowest BCUT2D eigenvalue weighted by atomic mass is 10.0. The Morgan fingerprint density at radius 2 is 1.71 bits per heavy atom. The zero-order chi connectivity index (χ0) is 14.9. The third-order valence-corrected chi connectivity index (χ3v) is 4.60. The van der Waals surface area contributed by atoms with E-state index < -0.39 is 11.7 Å². The molecule has 0 aliphatic carbocycles. The Labute approximate surface area is 123 Å². The Hall–Kier alpha value is -1.23. The van der Waals surface area contributed by atoms with Crippen molar-refractivity contribution in [3.8, 4) is 0 Å². The Kier molecular flexibility index (Phi) is 4.11. The number of fused-ring (bicyclic) bond motifs is 1. The number of hydrogen-bond donors (Lipinski definition) is 0. The average Bonchev–Trinajstić information content (AvgIpc) is 2.68. The maximum absolute atomic E-state index is 13.2. The first-order valence-electron chi connectivity index (χ1n) is 7.71. The lowest BCUT2D eigenvalue weighted by molar-refractivity contribution is -0.137. The topological polar surface area (TPSA) is 6.48 Å². The fourth-order valence-electron chi connectivity index (χ4n) is 3.58. The van der Waals surface area contributed by atoms with E-state index in [4.69, 9.17) is 0 Å². The molecule has 0 saturated carbocycles. The molecule has 0 radical (unpaired) electrons. The highest BCUT2D eigenvalue weighted by molar-refractivity contribution is 5.55. The maximum Gasteiger partial charge on any atom is 0.418 e. The number of halogens is 3. The third-order valence-electron chi connectivity index (χ3n) is 4.60. The van der Waals surface area contributed by atoms with Crippen LogP contribution < -0.4 is 4.90 Å². The van der Waals surface area contributed by atoms with Gasteiger partial charge < -0.3 is 4.90 Å². The highest BCUT2D eigenvalue weighted by Crippen LogP contribution is 2.37. The van der Waals surface area contributed by atoms with Crippen molar-refractivity contribution < 1.29 is 13.2 Å². The van der Waals surface area contributed by atoms with Crippen molar-refractivity contribution in [1.29, 1.82) is 0 Å². The van der Waals surface area contributed by atoms with E-state index in [9.17, 15) is 13.2 Å². The van der Waals surface area contributed by atoms with Gasteiger partial charge in [-0.3, -0.25) is 4.90 Å². The van der Waals surface area contributed by atoms with Crippen molar-refractivity contribution in [2.45, 2.75) is 37.9 Å². The summed E-state index contributed by atoms with van der Waals surface area (Å²) >= 11 is 0. The van der Waals surface area contributed by atoms with Gasteiger partial charge in [0, 0.05) is 31.4 Å². The number of nitrogens with zero attached hydrogens (tertiary/aromatic N) is 2. The van der Waals surface area contributed by atoms with Crippen LogP contribution in [0, 0.1) is 0 Å². The van der Waals surface area contributed by atoms with E-state index in [0.29, 0.717) is 24.8 Å². The van der Waals surface area contributed by atoms with Crippen molar-refractivity contribution in [2.24, 2.45) is 0 Å². The van der Waals surface area contributed by atoms with Crippen LogP contribution in [-0.4, -0.2) is 37.1 Å². The molecular formula is C16H21F3N2. The number of anilines is 1. The molecular weight excluding hydrogens is 277 g/mol. The Morgan fingerprint density at radius 3 is 2.52 bits per heavy atom. The van der Waals surface area contributed by atoms with Gasteiger partial charge in [0.1, 0.15) is 0 Å². The molecule has 2 aliphatic rings. The number of para-hydroxylation sites is 1. The first-order valence-corrected chi connectivity index (χ1v) is 7.71. The molecule has 2 heterocycles. The van der Waals surface area contributed by atoms with E-state index >= 15 is 0 Å². The molecule has 1 aromatic carbocycles. The van der Waals surface area contributed by atoms with E-state index in [-0.39, 0.29) is 0 Å². The summed E-state index contributed by atoms with van der Waals surface area (Å²) in [7, 11) is 0. The van der Waals surface area contributed by atoms with Crippen molar-refractivity contribution in [3.63, 3.8) is 0 Å². The SMILES string of the molecule is FC(F)(F)c1ccccc1N1CCCN2CCCCC2C1. The molecule has 2 aliphatic heterocycles. The molecule has 2 nitrogen and oxygen atoms in total. The van der Waals surface area contributed by atoms with Gasteiger partial charge in [0.05, 0.1) is 5.56 Å². The van der Waals surface area contributed by atoms with E-state index in [1.807, 2.05) is 4.90 Å². The van der Waals surface area contributed by atoms with Crippen LogP contribution in [0.1, 0.15) is 31.2 Å². The minimum absolute atomic E-state index is 0.345.